The van der Waals surface area contributed by atoms with Gasteiger partial charge in [0.15, 0.2) is 11.5 Å². The van der Waals surface area contributed by atoms with Crippen molar-refractivity contribution in [2.24, 2.45) is 5.92 Å². The molecule has 3 aromatic rings. The van der Waals surface area contributed by atoms with Crippen LogP contribution in [0.15, 0.2) is 42.5 Å². The molecule has 34 heavy (non-hydrogen) atoms. The molecule has 1 saturated heterocycles. The van der Waals surface area contributed by atoms with Gasteiger partial charge in [0.25, 0.3) is 0 Å². The average molecular weight is 462 g/mol. The lowest BCUT2D eigenvalue weighted by Gasteiger charge is -2.39. The first-order valence-corrected chi connectivity index (χ1v) is 11.9. The number of amides is 1. The molecule has 0 bridgehead atoms. The normalized spacial score (nSPS) is 16.9. The number of ether oxygens (including phenoxy) is 1. The highest BCUT2D eigenvalue weighted by Crippen LogP contribution is 2.31. The number of aromatic nitrogens is 3. The molecule has 1 saturated carbocycles. The van der Waals surface area contributed by atoms with Crippen molar-refractivity contribution in [2.45, 2.75) is 58.2 Å². The van der Waals surface area contributed by atoms with Crippen LogP contribution in [-0.2, 0) is 22.5 Å². The van der Waals surface area contributed by atoms with Gasteiger partial charge in [-0.2, -0.15) is 5.10 Å². The summed E-state index contributed by atoms with van der Waals surface area (Å²) in [5.74, 6) is 1.05. The zero-order chi connectivity index (χ0) is 23.9. The van der Waals surface area contributed by atoms with Crippen molar-refractivity contribution in [3.05, 3.63) is 53.9 Å². The maximum absolute atomic E-state index is 12.2. The summed E-state index contributed by atoms with van der Waals surface area (Å²) in [5.41, 5.74) is 3.48. The second-order valence-corrected chi connectivity index (χ2v) is 10.4. The van der Waals surface area contributed by atoms with E-state index in [2.05, 4.69) is 44.6 Å². The summed E-state index contributed by atoms with van der Waals surface area (Å²) in [7, 11) is 0. The molecule has 2 aliphatic rings. The van der Waals surface area contributed by atoms with E-state index in [-0.39, 0.29) is 23.8 Å². The second kappa shape index (κ2) is 8.83. The summed E-state index contributed by atoms with van der Waals surface area (Å²) < 4.78 is 7.15. The van der Waals surface area contributed by atoms with Gasteiger partial charge in [-0.3, -0.25) is 9.69 Å². The highest BCUT2D eigenvalue weighted by molar-refractivity contribution is 5.84. The van der Waals surface area contributed by atoms with Crippen molar-refractivity contribution in [1.82, 2.24) is 24.8 Å². The number of hydrogen-bond acceptors (Lipinski definition) is 6. The molecule has 8 nitrogen and oxygen atoms in total. The van der Waals surface area contributed by atoms with Gasteiger partial charge in [0.2, 0.25) is 0 Å². The minimum Gasteiger partial charge on any atom is -0.444 e. The fraction of sp³-hybridized carbons (Fsp3) is 0.462. The summed E-state index contributed by atoms with van der Waals surface area (Å²) in [6.07, 6.45) is 1.96. The van der Waals surface area contributed by atoms with E-state index in [9.17, 15) is 9.59 Å². The van der Waals surface area contributed by atoms with Crippen LogP contribution in [0, 0.1) is 5.92 Å². The Morgan fingerprint density at radius 2 is 1.82 bits per heavy atom. The van der Waals surface area contributed by atoms with E-state index in [1.165, 1.54) is 5.56 Å². The molecule has 8 heteroatoms. The van der Waals surface area contributed by atoms with Gasteiger partial charge in [0, 0.05) is 31.1 Å². The molecule has 3 heterocycles. The number of nitrogens with zero attached hydrogens (tertiary/aromatic N) is 4. The van der Waals surface area contributed by atoms with E-state index in [0.717, 1.165) is 49.4 Å². The topological polar surface area (TPSA) is 88.8 Å². The summed E-state index contributed by atoms with van der Waals surface area (Å²) in [5, 5.41) is 7.54. The van der Waals surface area contributed by atoms with Crippen molar-refractivity contribution in [1.29, 1.82) is 0 Å². The highest BCUT2D eigenvalue weighted by atomic mass is 16.6. The second-order valence-electron chi connectivity index (χ2n) is 10.4. The Morgan fingerprint density at radius 3 is 2.50 bits per heavy atom. The predicted octanol–water partition coefficient (Wildman–Crippen LogP) is 3.63. The average Bonchev–Trinajstić information content (AvgIpc) is 3.51. The fourth-order valence-electron chi connectivity index (χ4n) is 4.25. The molecule has 5 rings (SSSR count). The number of rotatable bonds is 7. The Bertz CT molecular complexity index is 1200. The van der Waals surface area contributed by atoms with Gasteiger partial charge in [0.1, 0.15) is 11.4 Å². The molecule has 1 aliphatic heterocycles. The summed E-state index contributed by atoms with van der Waals surface area (Å²) in [6, 6.07) is 14.5. The smallest absolute Gasteiger partial charge is 0.407 e. The third kappa shape index (κ3) is 5.28. The SMILES string of the molecule is CC(C)(C)OC(=O)NC1CN(Cc2ccc(-c3cccc4nc(CC(=O)C5CC5)nn34)cc2)C1. The number of benzene rings is 1. The molecule has 2 aromatic heterocycles. The van der Waals surface area contributed by atoms with Crippen LogP contribution in [0.2, 0.25) is 0 Å². The van der Waals surface area contributed by atoms with Crippen LogP contribution in [0.1, 0.15) is 45.0 Å². The molecule has 1 N–H and O–H groups in total. The van der Waals surface area contributed by atoms with Gasteiger partial charge >= 0.3 is 6.09 Å². The Labute approximate surface area is 199 Å². The fourth-order valence-corrected chi connectivity index (χ4v) is 4.25. The zero-order valence-corrected chi connectivity index (χ0v) is 20.0. The lowest BCUT2D eigenvalue weighted by Crippen LogP contribution is -2.59. The van der Waals surface area contributed by atoms with E-state index < -0.39 is 5.60 Å². The molecule has 0 radical (unpaired) electrons. The number of likely N-dealkylation sites (tertiary alicyclic amines) is 1. The van der Waals surface area contributed by atoms with Crippen molar-refractivity contribution in [2.75, 3.05) is 13.1 Å². The number of hydrogen-bond donors (Lipinski definition) is 1. The predicted molar refractivity (Wildman–Crippen MR) is 128 cm³/mol. The number of carbonyl (C=O) groups excluding carboxylic acids is 2. The molecule has 0 spiro atoms. The van der Waals surface area contributed by atoms with Gasteiger partial charge < -0.3 is 10.1 Å². The largest absolute Gasteiger partial charge is 0.444 e. The van der Waals surface area contributed by atoms with Gasteiger partial charge in [-0.25, -0.2) is 14.3 Å². The van der Waals surface area contributed by atoms with E-state index >= 15 is 0 Å². The monoisotopic (exact) mass is 461 g/mol. The van der Waals surface area contributed by atoms with Crippen LogP contribution >= 0.6 is 0 Å². The molecule has 2 fully saturated rings. The molecule has 1 aliphatic carbocycles. The van der Waals surface area contributed by atoms with Crippen molar-refractivity contribution in [3.63, 3.8) is 0 Å². The van der Waals surface area contributed by atoms with Gasteiger partial charge in [-0.1, -0.05) is 30.3 Å². The van der Waals surface area contributed by atoms with Crippen molar-refractivity contribution < 1.29 is 14.3 Å². The summed E-state index contributed by atoms with van der Waals surface area (Å²) in [4.78, 5) is 30.9. The number of ketones is 1. The molecule has 0 unspecified atom stereocenters. The highest BCUT2D eigenvalue weighted by Gasteiger charge is 2.31. The van der Waals surface area contributed by atoms with Crippen LogP contribution in [0.5, 0.6) is 0 Å². The first kappa shape index (κ1) is 22.5. The van der Waals surface area contributed by atoms with Crippen molar-refractivity contribution in [3.8, 4) is 11.3 Å². The van der Waals surface area contributed by atoms with Crippen LogP contribution < -0.4 is 5.32 Å². The number of nitrogens with one attached hydrogen (secondary N) is 1. The van der Waals surface area contributed by atoms with Crippen LogP contribution in [0.3, 0.4) is 0 Å². The Kier molecular flexibility index (Phi) is 5.85. The first-order chi connectivity index (χ1) is 16.2. The molecular weight excluding hydrogens is 430 g/mol. The maximum Gasteiger partial charge on any atom is 0.407 e. The van der Waals surface area contributed by atoms with E-state index in [0.29, 0.717) is 12.2 Å². The molecule has 1 aromatic carbocycles. The van der Waals surface area contributed by atoms with Crippen LogP contribution in [-0.4, -0.2) is 56.1 Å². The Morgan fingerprint density at radius 1 is 1.09 bits per heavy atom. The zero-order valence-electron chi connectivity index (χ0n) is 20.0. The number of carbonyl (C=O) groups is 2. The number of Topliss-reactive ketones (excluding diaryl/α,β-unsaturated/α-hetero) is 1. The maximum atomic E-state index is 12.2. The van der Waals surface area contributed by atoms with Gasteiger partial charge in [-0.05, 0) is 51.3 Å². The van der Waals surface area contributed by atoms with E-state index in [1.807, 2.05) is 43.5 Å². The first-order valence-electron chi connectivity index (χ1n) is 11.9. The number of fused-ring (bicyclic) bond motifs is 1. The standard InChI is InChI=1S/C26H31N5O3/c1-26(2,3)34-25(33)27-20-15-30(16-20)14-17-7-9-18(10-8-17)21-5-4-6-24-28-23(29-31(21)24)13-22(32)19-11-12-19/h4-10,19-20H,11-16H2,1-3H3,(H,27,33). The minimum absolute atomic E-state index is 0.125. The Hall–Kier alpha value is -3.26. The number of pyridine rings is 1. The third-order valence-electron chi connectivity index (χ3n) is 6.10. The molecule has 0 atom stereocenters. The molecular formula is C26H31N5O3. The van der Waals surface area contributed by atoms with Crippen LogP contribution in [0.25, 0.3) is 16.9 Å². The molecule has 1 amide bonds. The number of alkyl carbamates (subject to hydrolysis) is 1. The van der Waals surface area contributed by atoms with Crippen LogP contribution in [0.4, 0.5) is 4.79 Å². The summed E-state index contributed by atoms with van der Waals surface area (Å²) in [6.45, 7) is 8.03. The van der Waals surface area contributed by atoms with Gasteiger partial charge in [-0.15, -0.1) is 0 Å². The summed E-state index contributed by atoms with van der Waals surface area (Å²) >= 11 is 0. The lowest BCUT2D eigenvalue weighted by atomic mass is 10.0. The quantitative estimate of drug-likeness (QED) is 0.578. The van der Waals surface area contributed by atoms with E-state index in [4.69, 9.17) is 4.74 Å². The van der Waals surface area contributed by atoms with Crippen molar-refractivity contribution >= 4 is 17.5 Å². The Balaban J connectivity index is 1.19. The third-order valence-corrected chi connectivity index (χ3v) is 6.10. The minimum atomic E-state index is -0.485. The molecule has 178 valence electrons. The van der Waals surface area contributed by atoms with E-state index in [1.54, 1.807) is 0 Å². The lowest BCUT2D eigenvalue weighted by molar-refractivity contribution is -0.119. The van der Waals surface area contributed by atoms with Gasteiger partial charge in [0.05, 0.1) is 18.2 Å².